The second-order valence-electron chi connectivity index (χ2n) is 5.11. The minimum absolute atomic E-state index is 0.328. The van der Waals surface area contributed by atoms with E-state index in [4.69, 9.17) is 15.3 Å². The van der Waals surface area contributed by atoms with E-state index < -0.39 is 0 Å². The molecule has 21 heavy (non-hydrogen) atoms. The average Bonchev–Trinajstić information content (AvgIpc) is 2.55. The highest BCUT2D eigenvalue weighted by Crippen LogP contribution is 2.29. The summed E-state index contributed by atoms with van der Waals surface area (Å²) in [5, 5.41) is 3.18. The summed E-state index contributed by atoms with van der Waals surface area (Å²) < 4.78 is 10.6. The molecular weight excluding hydrogens is 268 g/mol. The number of nitrogens with zero attached hydrogens (tertiary/aromatic N) is 1. The molecule has 0 saturated heterocycles. The van der Waals surface area contributed by atoms with E-state index in [1.807, 2.05) is 18.2 Å². The van der Waals surface area contributed by atoms with Gasteiger partial charge in [-0.25, -0.2) is 10.8 Å². The molecule has 1 saturated carbocycles. The molecule has 6 heteroatoms. The molecule has 0 aromatic heterocycles. The third-order valence-electron chi connectivity index (χ3n) is 3.68. The Morgan fingerprint density at radius 3 is 2.57 bits per heavy atom. The third kappa shape index (κ3) is 4.26. The highest BCUT2D eigenvalue weighted by Gasteiger charge is 2.14. The van der Waals surface area contributed by atoms with E-state index in [2.05, 4.69) is 15.7 Å². The maximum absolute atomic E-state index is 5.58. The van der Waals surface area contributed by atoms with E-state index in [1.165, 1.54) is 19.3 Å². The number of ether oxygens (including phenoxy) is 2. The van der Waals surface area contributed by atoms with Crippen LogP contribution in [-0.4, -0.2) is 26.2 Å². The van der Waals surface area contributed by atoms with Crippen LogP contribution in [0.3, 0.4) is 0 Å². The number of nitrogens with two attached hydrogens (primary N) is 1. The summed E-state index contributed by atoms with van der Waals surface area (Å²) in [4.78, 5) is 4.65. The number of benzene rings is 1. The molecule has 1 aliphatic rings. The Hall–Kier alpha value is -1.95. The van der Waals surface area contributed by atoms with Gasteiger partial charge >= 0.3 is 0 Å². The molecule has 0 heterocycles. The monoisotopic (exact) mass is 292 g/mol. The number of methoxy groups -OCH3 is 2. The smallest absolute Gasteiger partial charge is 0.210 e. The van der Waals surface area contributed by atoms with Crippen molar-refractivity contribution in [3.8, 4) is 11.5 Å². The quantitative estimate of drug-likeness (QED) is 0.343. The van der Waals surface area contributed by atoms with Crippen LogP contribution in [0.4, 0.5) is 5.69 Å². The molecule has 1 fully saturated rings. The van der Waals surface area contributed by atoms with Gasteiger partial charge in [0.05, 0.1) is 25.9 Å². The van der Waals surface area contributed by atoms with Crippen molar-refractivity contribution in [1.29, 1.82) is 0 Å². The second kappa shape index (κ2) is 7.73. The zero-order valence-corrected chi connectivity index (χ0v) is 12.7. The fraction of sp³-hybridized carbons (Fsp3) is 0.533. The second-order valence-corrected chi connectivity index (χ2v) is 5.11. The first-order valence-corrected chi connectivity index (χ1v) is 7.30. The number of nitrogens with one attached hydrogen (secondary N) is 2. The fourth-order valence-electron chi connectivity index (χ4n) is 2.54. The summed E-state index contributed by atoms with van der Waals surface area (Å²) in [6.45, 7) is 0. The third-order valence-corrected chi connectivity index (χ3v) is 3.68. The van der Waals surface area contributed by atoms with Crippen molar-refractivity contribution in [1.82, 2.24) is 5.43 Å². The summed E-state index contributed by atoms with van der Waals surface area (Å²) in [5.41, 5.74) is 3.40. The van der Waals surface area contributed by atoms with Crippen LogP contribution in [0.2, 0.25) is 0 Å². The van der Waals surface area contributed by atoms with Crippen LogP contribution >= 0.6 is 0 Å². The standard InChI is InChI=1S/C15H24N4O2/c1-20-12-8-9-14(21-2)13(10-12)18-15(19-16)17-11-6-4-3-5-7-11/h8-11H,3-7,16H2,1-2H3,(H2,17,18,19). The topological polar surface area (TPSA) is 80.9 Å². The lowest BCUT2D eigenvalue weighted by Crippen LogP contribution is -2.37. The predicted molar refractivity (Wildman–Crippen MR) is 84.8 cm³/mol. The Morgan fingerprint density at radius 2 is 1.95 bits per heavy atom. The van der Waals surface area contributed by atoms with Crippen LogP contribution in [0.5, 0.6) is 11.5 Å². The van der Waals surface area contributed by atoms with Crippen LogP contribution in [-0.2, 0) is 0 Å². The van der Waals surface area contributed by atoms with Crippen molar-refractivity contribution in [2.75, 3.05) is 19.5 Å². The van der Waals surface area contributed by atoms with E-state index in [1.54, 1.807) is 14.2 Å². The largest absolute Gasteiger partial charge is 0.497 e. The van der Waals surface area contributed by atoms with E-state index in [0.717, 1.165) is 24.3 Å². The van der Waals surface area contributed by atoms with Crippen molar-refractivity contribution in [3.05, 3.63) is 18.2 Å². The van der Waals surface area contributed by atoms with Crippen LogP contribution in [0.25, 0.3) is 0 Å². The number of anilines is 1. The molecule has 1 aromatic carbocycles. The normalized spacial score (nSPS) is 16.4. The average molecular weight is 292 g/mol. The molecule has 4 N–H and O–H groups in total. The first-order chi connectivity index (χ1) is 10.3. The summed E-state index contributed by atoms with van der Waals surface area (Å²) in [5.74, 6) is 7.59. The van der Waals surface area contributed by atoms with Crippen molar-refractivity contribution >= 4 is 11.6 Å². The number of guanidine groups is 1. The van der Waals surface area contributed by atoms with Gasteiger partial charge in [-0.2, -0.15) is 0 Å². The summed E-state index contributed by atoms with van der Waals surface area (Å²) >= 11 is 0. The van der Waals surface area contributed by atoms with Crippen LogP contribution in [0.15, 0.2) is 23.2 Å². The van der Waals surface area contributed by atoms with Gasteiger partial charge in [0, 0.05) is 6.07 Å². The lowest BCUT2D eigenvalue weighted by Gasteiger charge is -2.20. The summed E-state index contributed by atoms with van der Waals surface area (Å²) in [6, 6.07) is 5.87. The molecule has 0 spiro atoms. The lowest BCUT2D eigenvalue weighted by atomic mass is 9.96. The van der Waals surface area contributed by atoms with Crippen molar-refractivity contribution in [2.24, 2.45) is 10.8 Å². The number of aliphatic imine (C=N–C) groups is 1. The number of rotatable bonds is 4. The van der Waals surface area contributed by atoms with Gasteiger partial charge < -0.3 is 14.8 Å². The Bertz CT molecular complexity index is 485. The molecule has 116 valence electrons. The van der Waals surface area contributed by atoms with Gasteiger partial charge in [-0.05, 0) is 25.0 Å². The molecule has 0 aliphatic heterocycles. The maximum atomic E-state index is 5.58. The summed E-state index contributed by atoms with van der Waals surface area (Å²) in [7, 11) is 3.25. The van der Waals surface area contributed by atoms with Gasteiger partial charge in [0.25, 0.3) is 0 Å². The Balaban J connectivity index is 2.15. The molecule has 0 unspecified atom stereocenters. The molecule has 2 rings (SSSR count). The lowest BCUT2D eigenvalue weighted by molar-refractivity contribution is 0.405. The number of hydrogen-bond donors (Lipinski definition) is 3. The number of hydrazine groups is 1. The zero-order chi connectivity index (χ0) is 15.1. The van der Waals surface area contributed by atoms with E-state index in [9.17, 15) is 0 Å². The van der Waals surface area contributed by atoms with Crippen LogP contribution in [0.1, 0.15) is 32.1 Å². The summed E-state index contributed by atoms with van der Waals surface area (Å²) in [6.07, 6.45) is 5.99. The molecule has 0 amide bonds. The van der Waals surface area contributed by atoms with Gasteiger partial charge in [0.1, 0.15) is 11.5 Å². The fourth-order valence-corrected chi connectivity index (χ4v) is 2.54. The Kier molecular flexibility index (Phi) is 5.68. The zero-order valence-electron chi connectivity index (χ0n) is 12.7. The first-order valence-electron chi connectivity index (χ1n) is 7.30. The van der Waals surface area contributed by atoms with E-state index in [-0.39, 0.29) is 0 Å². The van der Waals surface area contributed by atoms with E-state index in [0.29, 0.717) is 17.8 Å². The van der Waals surface area contributed by atoms with Gasteiger partial charge in [-0.1, -0.05) is 19.3 Å². The minimum Gasteiger partial charge on any atom is -0.497 e. The van der Waals surface area contributed by atoms with E-state index >= 15 is 0 Å². The van der Waals surface area contributed by atoms with Crippen LogP contribution < -0.4 is 26.1 Å². The predicted octanol–water partition coefficient (Wildman–Crippen LogP) is 2.27. The van der Waals surface area contributed by atoms with Crippen molar-refractivity contribution in [3.63, 3.8) is 0 Å². The highest BCUT2D eigenvalue weighted by atomic mass is 16.5. The van der Waals surface area contributed by atoms with Crippen molar-refractivity contribution < 1.29 is 9.47 Å². The van der Waals surface area contributed by atoms with Crippen molar-refractivity contribution in [2.45, 2.75) is 38.1 Å². The molecule has 0 bridgehead atoms. The Labute approximate surface area is 125 Å². The maximum Gasteiger partial charge on any atom is 0.210 e. The Morgan fingerprint density at radius 1 is 1.19 bits per heavy atom. The minimum atomic E-state index is 0.328. The number of hydrogen-bond acceptors (Lipinski definition) is 4. The molecule has 0 radical (unpaired) electrons. The van der Waals surface area contributed by atoms with Crippen LogP contribution in [0, 0.1) is 0 Å². The first kappa shape index (κ1) is 15.4. The van der Waals surface area contributed by atoms with Gasteiger partial charge in [0.15, 0.2) is 0 Å². The molecular formula is C15H24N4O2. The van der Waals surface area contributed by atoms with Gasteiger partial charge in [0.2, 0.25) is 5.96 Å². The molecule has 1 aromatic rings. The molecule has 1 aliphatic carbocycles. The SMILES string of the molecule is COc1ccc(OC)c(NC(=NC2CCCCC2)NN)c1. The highest BCUT2D eigenvalue weighted by molar-refractivity contribution is 5.95. The molecule has 6 nitrogen and oxygen atoms in total. The van der Waals surface area contributed by atoms with Gasteiger partial charge in [-0.3, -0.25) is 5.43 Å². The molecule has 0 atom stereocenters. The van der Waals surface area contributed by atoms with Gasteiger partial charge in [-0.15, -0.1) is 0 Å².